The maximum Gasteiger partial charge on any atom is 0.325 e. The number of nitrogens with two attached hydrogens (primary N) is 1. The number of methoxy groups -OCH3 is 1. The summed E-state index contributed by atoms with van der Waals surface area (Å²) in [4.78, 5) is 14.2. The number of ether oxygens (including phenoxy) is 1. The molecule has 2 N–H and O–H groups in total. The number of esters is 1. The molecule has 2 aliphatic rings. The third-order valence-electron chi connectivity index (χ3n) is 5.32. The summed E-state index contributed by atoms with van der Waals surface area (Å²) < 4.78 is 4.81. The summed E-state index contributed by atoms with van der Waals surface area (Å²) >= 11 is 0. The Bertz CT molecular complexity index is 343. The predicted octanol–water partition coefficient (Wildman–Crippen LogP) is 2.17. The van der Waals surface area contributed by atoms with Crippen LogP contribution in [0.5, 0.6) is 0 Å². The standard InChI is InChI=1S/C16H30N2O2/c1-12(10-16(2,17)15(19)20-3)18-9-8-13-6-4-5-7-14(13)11-18/h12-14H,4-11,17H2,1-3H3. The zero-order valence-electron chi connectivity index (χ0n) is 13.2. The summed E-state index contributed by atoms with van der Waals surface area (Å²) in [5, 5.41) is 0. The molecule has 0 bridgehead atoms. The average molecular weight is 282 g/mol. The summed E-state index contributed by atoms with van der Waals surface area (Å²) in [5.41, 5.74) is 5.23. The molecule has 1 aliphatic carbocycles. The fourth-order valence-corrected chi connectivity index (χ4v) is 4.09. The minimum absolute atomic E-state index is 0.308. The second-order valence-corrected chi connectivity index (χ2v) is 7.05. The number of rotatable bonds is 4. The Morgan fingerprint density at radius 2 is 2.00 bits per heavy atom. The van der Waals surface area contributed by atoms with E-state index in [4.69, 9.17) is 10.5 Å². The van der Waals surface area contributed by atoms with Gasteiger partial charge in [0.15, 0.2) is 0 Å². The Labute approximate surface area is 123 Å². The van der Waals surface area contributed by atoms with Crippen molar-refractivity contribution in [3.63, 3.8) is 0 Å². The summed E-state index contributed by atoms with van der Waals surface area (Å²) in [7, 11) is 1.41. The van der Waals surface area contributed by atoms with Crippen molar-refractivity contribution in [2.24, 2.45) is 17.6 Å². The summed E-state index contributed by atoms with van der Waals surface area (Å²) in [6.07, 6.45) is 7.58. The van der Waals surface area contributed by atoms with Gasteiger partial charge in [0, 0.05) is 12.6 Å². The maximum absolute atomic E-state index is 11.7. The number of hydrogen-bond acceptors (Lipinski definition) is 4. The van der Waals surface area contributed by atoms with Gasteiger partial charge in [-0.25, -0.2) is 0 Å². The first-order valence-corrected chi connectivity index (χ1v) is 8.05. The number of carbonyl (C=O) groups is 1. The van der Waals surface area contributed by atoms with Gasteiger partial charge in [0.2, 0.25) is 0 Å². The van der Waals surface area contributed by atoms with Crippen LogP contribution in [0.1, 0.15) is 52.4 Å². The van der Waals surface area contributed by atoms with Gasteiger partial charge in [-0.1, -0.05) is 19.3 Å². The third-order valence-corrected chi connectivity index (χ3v) is 5.32. The molecule has 1 aliphatic heterocycles. The molecule has 4 atom stereocenters. The van der Waals surface area contributed by atoms with Gasteiger partial charge in [0.25, 0.3) is 0 Å². The van der Waals surface area contributed by atoms with E-state index < -0.39 is 5.54 Å². The van der Waals surface area contributed by atoms with E-state index >= 15 is 0 Å². The van der Waals surface area contributed by atoms with Crippen molar-refractivity contribution in [3.8, 4) is 0 Å². The second-order valence-electron chi connectivity index (χ2n) is 7.05. The number of carbonyl (C=O) groups excluding carboxylic acids is 1. The van der Waals surface area contributed by atoms with Gasteiger partial charge < -0.3 is 15.4 Å². The van der Waals surface area contributed by atoms with E-state index in [2.05, 4.69) is 11.8 Å². The van der Waals surface area contributed by atoms with E-state index in [1.165, 1.54) is 45.8 Å². The van der Waals surface area contributed by atoms with Crippen LogP contribution in [-0.4, -0.2) is 42.6 Å². The SMILES string of the molecule is COC(=O)C(C)(N)CC(C)N1CCC2CCCCC2C1. The van der Waals surface area contributed by atoms with Crippen molar-refractivity contribution in [2.45, 2.75) is 64.0 Å². The molecule has 20 heavy (non-hydrogen) atoms. The first-order valence-electron chi connectivity index (χ1n) is 8.05. The summed E-state index contributed by atoms with van der Waals surface area (Å²) in [5.74, 6) is 1.50. The zero-order chi connectivity index (χ0) is 14.8. The van der Waals surface area contributed by atoms with Crippen molar-refractivity contribution in [1.82, 2.24) is 4.90 Å². The van der Waals surface area contributed by atoms with Gasteiger partial charge in [-0.15, -0.1) is 0 Å². The topological polar surface area (TPSA) is 55.6 Å². The van der Waals surface area contributed by atoms with E-state index in [0.717, 1.165) is 18.4 Å². The van der Waals surface area contributed by atoms with Crippen molar-refractivity contribution < 1.29 is 9.53 Å². The fraction of sp³-hybridized carbons (Fsp3) is 0.938. The largest absolute Gasteiger partial charge is 0.468 e. The molecule has 4 unspecified atom stereocenters. The predicted molar refractivity (Wildman–Crippen MR) is 80.3 cm³/mol. The van der Waals surface area contributed by atoms with E-state index in [-0.39, 0.29) is 5.97 Å². The van der Waals surface area contributed by atoms with Crippen molar-refractivity contribution in [1.29, 1.82) is 0 Å². The van der Waals surface area contributed by atoms with Gasteiger partial charge in [-0.05, 0) is 51.5 Å². The average Bonchev–Trinajstić information content (AvgIpc) is 2.45. The number of fused-ring (bicyclic) bond motifs is 1. The van der Waals surface area contributed by atoms with Crippen molar-refractivity contribution in [3.05, 3.63) is 0 Å². The number of nitrogens with zero attached hydrogens (tertiary/aromatic N) is 1. The lowest BCUT2D eigenvalue weighted by atomic mass is 9.74. The third kappa shape index (κ3) is 3.53. The Morgan fingerprint density at radius 3 is 2.65 bits per heavy atom. The highest BCUT2D eigenvalue weighted by molar-refractivity contribution is 5.79. The minimum Gasteiger partial charge on any atom is -0.468 e. The minimum atomic E-state index is -0.877. The highest BCUT2D eigenvalue weighted by atomic mass is 16.5. The molecule has 0 aromatic heterocycles. The first-order chi connectivity index (χ1) is 9.44. The molecular formula is C16H30N2O2. The molecule has 116 valence electrons. The first kappa shape index (κ1) is 15.8. The molecule has 1 heterocycles. The molecule has 0 aromatic carbocycles. The zero-order valence-corrected chi connectivity index (χ0v) is 13.2. The van der Waals surface area contributed by atoms with Crippen LogP contribution < -0.4 is 5.73 Å². The van der Waals surface area contributed by atoms with Crippen LogP contribution in [0.15, 0.2) is 0 Å². The highest BCUT2D eigenvalue weighted by Gasteiger charge is 2.37. The van der Waals surface area contributed by atoms with E-state index in [1.54, 1.807) is 6.92 Å². The summed E-state index contributed by atoms with van der Waals surface area (Å²) in [6.45, 7) is 6.31. The fourth-order valence-electron chi connectivity index (χ4n) is 4.09. The molecule has 2 rings (SSSR count). The van der Waals surface area contributed by atoms with Crippen molar-refractivity contribution in [2.75, 3.05) is 20.2 Å². The normalized spacial score (nSPS) is 32.0. The van der Waals surface area contributed by atoms with Gasteiger partial charge in [-0.2, -0.15) is 0 Å². The maximum atomic E-state index is 11.7. The number of piperidine rings is 1. The van der Waals surface area contributed by atoms with Gasteiger partial charge in [0.1, 0.15) is 5.54 Å². The second kappa shape index (κ2) is 6.44. The Morgan fingerprint density at radius 1 is 1.35 bits per heavy atom. The van der Waals surface area contributed by atoms with Crippen LogP contribution in [0.2, 0.25) is 0 Å². The molecule has 1 saturated carbocycles. The van der Waals surface area contributed by atoms with Crippen LogP contribution >= 0.6 is 0 Å². The lowest BCUT2D eigenvalue weighted by molar-refractivity contribution is -0.147. The van der Waals surface area contributed by atoms with Gasteiger partial charge in [-0.3, -0.25) is 4.79 Å². The Kier molecular flexibility index (Phi) is 5.08. The number of hydrogen-bond donors (Lipinski definition) is 1. The lowest BCUT2D eigenvalue weighted by Gasteiger charge is -2.44. The van der Waals surface area contributed by atoms with Crippen LogP contribution in [0.3, 0.4) is 0 Å². The smallest absolute Gasteiger partial charge is 0.325 e. The number of likely N-dealkylation sites (tertiary alicyclic amines) is 1. The van der Waals surface area contributed by atoms with Crippen LogP contribution in [0.25, 0.3) is 0 Å². The molecule has 0 spiro atoms. The quantitative estimate of drug-likeness (QED) is 0.803. The van der Waals surface area contributed by atoms with Gasteiger partial charge >= 0.3 is 5.97 Å². The van der Waals surface area contributed by atoms with Crippen molar-refractivity contribution >= 4 is 5.97 Å². The monoisotopic (exact) mass is 282 g/mol. The Hall–Kier alpha value is -0.610. The van der Waals surface area contributed by atoms with Gasteiger partial charge in [0.05, 0.1) is 7.11 Å². The van der Waals surface area contributed by atoms with E-state index in [1.807, 2.05) is 0 Å². The highest BCUT2D eigenvalue weighted by Crippen LogP contribution is 2.37. The molecule has 4 nitrogen and oxygen atoms in total. The molecule has 2 fully saturated rings. The molecular weight excluding hydrogens is 252 g/mol. The van der Waals surface area contributed by atoms with Crippen LogP contribution in [0, 0.1) is 11.8 Å². The molecule has 0 amide bonds. The van der Waals surface area contributed by atoms with E-state index in [9.17, 15) is 4.79 Å². The van der Waals surface area contributed by atoms with E-state index in [0.29, 0.717) is 12.5 Å². The lowest BCUT2D eigenvalue weighted by Crippen LogP contribution is -2.53. The van der Waals surface area contributed by atoms with Crippen LogP contribution in [-0.2, 0) is 9.53 Å². The Balaban J connectivity index is 1.89. The molecule has 0 aromatic rings. The molecule has 0 radical (unpaired) electrons. The molecule has 1 saturated heterocycles. The van der Waals surface area contributed by atoms with Crippen LogP contribution in [0.4, 0.5) is 0 Å². The molecule has 4 heteroatoms. The summed E-state index contributed by atoms with van der Waals surface area (Å²) in [6, 6.07) is 0.340.